The van der Waals surface area contributed by atoms with Crippen LogP contribution >= 0.6 is 11.6 Å². The highest BCUT2D eigenvalue weighted by molar-refractivity contribution is 6.55. The number of ketones is 1. The van der Waals surface area contributed by atoms with Gasteiger partial charge in [0.25, 0.3) is 11.7 Å². The third kappa shape index (κ3) is 2.08. The Morgan fingerprint density at radius 2 is 1.85 bits per heavy atom. The fourth-order valence-electron chi connectivity index (χ4n) is 2.31. The lowest BCUT2D eigenvalue weighted by atomic mass is 10.1. The van der Waals surface area contributed by atoms with E-state index in [0.717, 1.165) is 5.56 Å². The Kier molecular flexibility index (Phi) is 3.24. The molecule has 100 valence electrons. The lowest BCUT2D eigenvalue weighted by molar-refractivity contribution is -0.114. The van der Waals surface area contributed by atoms with Gasteiger partial charge in [-0.25, -0.2) is 0 Å². The lowest BCUT2D eigenvalue weighted by Gasteiger charge is -2.16. The quantitative estimate of drug-likeness (QED) is 0.815. The second kappa shape index (κ2) is 5.06. The van der Waals surface area contributed by atoms with Crippen molar-refractivity contribution < 1.29 is 9.59 Å². The van der Waals surface area contributed by atoms with Crippen molar-refractivity contribution in [1.82, 2.24) is 4.98 Å². The summed E-state index contributed by atoms with van der Waals surface area (Å²) in [6.07, 6.45) is 4.07. The van der Waals surface area contributed by atoms with Crippen LogP contribution in [0.5, 0.6) is 0 Å². The summed E-state index contributed by atoms with van der Waals surface area (Å²) in [5.41, 5.74) is 1.98. The Hall–Kier alpha value is -2.20. The minimum atomic E-state index is -0.527. The monoisotopic (exact) mass is 286 g/mol. The van der Waals surface area contributed by atoms with Gasteiger partial charge < -0.3 is 4.90 Å². The molecule has 1 aliphatic rings. The summed E-state index contributed by atoms with van der Waals surface area (Å²) >= 11 is 6.00. The van der Waals surface area contributed by atoms with Crippen molar-refractivity contribution >= 4 is 29.0 Å². The van der Waals surface area contributed by atoms with Gasteiger partial charge in [0.2, 0.25) is 0 Å². The van der Waals surface area contributed by atoms with Crippen LogP contribution in [-0.2, 0) is 11.2 Å². The molecule has 5 heteroatoms. The first-order chi connectivity index (χ1) is 9.68. The Bertz CT molecular complexity index is 686. The van der Waals surface area contributed by atoms with Gasteiger partial charge >= 0.3 is 0 Å². The number of carbonyl (C=O) groups excluding carboxylic acids is 2. The Morgan fingerprint density at radius 3 is 2.60 bits per heavy atom. The predicted octanol–water partition coefficient (Wildman–Crippen LogP) is 2.51. The van der Waals surface area contributed by atoms with Gasteiger partial charge in [-0.15, -0.1) is 0 Å². The third-order valence-electron chi connectivity index (χ3n) is 3.32. The molecule has 0 bridgehead atoms. The molecule has 0 unspecified atom stereocenters. The summed E-state index contributed by atoms with van der Waals surface area (Å²) in [5.74, 6) is -1.04. The van der Waals surface area contributed by atoms with Crippen LogP contribution in [0.15, 0.2) is 42.7 Å². The van der Waals surface area contributed by atoms with E-state index in [1.54, 1.807) is 30.6 Å². The minimum Gasteiger partial charge on any atom is -0.304 e. The van der Waals surface area contributed by atoms with Gasteiger partial charge in [-0.05, 0) is 36.2 Å². The van der Waals surface area contributed by atoms with Gasteiger partial charge in [0.1, 0.15) is 0 Å². The van der Waals surface area contributed by atoms with Crippen LogP contribution in [-0.4, -0.2) is 23.2 Å². The smallest absolute Gasteiger partial charge is 0.299 e. The number of halogens is 1. The minimum absolute atomic E-state index is 0.314. The van der Waals surface area contributed by atoms with Gasteiger partial charge in [0, 0.05) is 18.9 Å². The molecule has 0 fully saturated rings. The normalized spacial score (nSPS) is 13.8. The maximum Gasteiger partial charge on any atom is 0.299 e. The van der Waals surface area contributed by atoms with Crippen LogP contribution in [0.4, 0.5) is 5.69 Å². The highest BCUT2D eigenvalue weighted by Crippen LogP contribution is 2.33. The zero-order valence-electron chi connectivity index (χ0n) is 10.5. The average molecular weight is 287 g/mol. The average Bonchev–Trinajstić information content (AvgIpc) is 2.71. The SMILES string of the molecule is O=C1C(=O)N(CCc2ccncc2)c2cccc(Cl)c21. The maximum absolute atomic E-state index is 12.0. The standard InChI is InChI=1S/C15H11ClN2O2/c16-11-2-1-3-12-13(11)14(19)15(20)18(12)9-6-10-4-7-17-8-5-10/h1-5,7-8H,6,9H2. The largest absolute Gasteiger partial charge is 0.304 e. The van der Waals surface area contributed by atoms with E-state index in [9.17, 15) is 9.59 Å². The maximum atomic E-state index is 12.0. The summed E-state index contributed by atoms with van der Waals surface area (Å²) in [5, 5.41) is 0.326. The molecule has 1 aromatic carbocycles. The molecule has 0 saturated heterocycles. The molecule has 0 atom stereocenters. The summed E-state index contributed by atoms with van der Waals surface area (Å²) in [7, 11) is 0. The first-order valence-corrected chi connectivity index (χ1v) is 6.60. The third-order valence-corrected chi connectivity index (χ3v) is 3.64. The van der Waals surface area contributed by atoms with Crippen molar-refractivity contribution in [2.75, 3.05) is 11.4 Å². The fraction of sp³-hybridized carbons (Fsp3) is 0.133. The lowest BCUT2D eigenvalue weighted by Crippen LogP contribution is -2.31. The van der Waals surface area contributed by atoms with E-state index in [2.05, 4.69) is 4.98 Å². The van der Waals surface area contributed by atoms with Crippen LogP contribution in [0.25, 0.3) is 0 Å². The van der Waals surface area contributed by atoms with Crippen LogP contribution in [0, 0.1) is 0 Å². The molecule has 4 nitrogen and oxygen atoms in total. The number of benzene rings is 1. The molecule has 1 aromatic heterocycles. The first-order valence-electron chi connectivity index (χ1n) is 6.22. The number of fused-ring (bicyclic) bond motifs is 1. The highest BCUT2D eigenvalue weighted by atomic mass is 35.5. The van der Waals surface area contributed by atoms with Gasteiger partial charge in [-0.1, -0.05) is 17.7 Å². The molecular formula is C15H11ClN2O2. The second-order valence-corrected chi connectivity index (χ2v) is 4.93. The molecule has 3 rings (SSSR count). The zero-order chi connectivity index (χ0) is 14.1. The number of Topliss-reactive ketones (excluding diaryl/α,β-unsaturated/α-hetero) is 1. The summed E-state index contributed by atoms with van der Waals surface area (Å²) in [4.78, 5) is 29.4. The van der Waals surface area contributed by atoms with E-state index in [1.165, 1.54) is 4.90 Å². The number of pyridine rings is 1. The van der Waals surface area contributed by atoms with Crippen molar-refractivity contribution in [1.29, 1.82) is 0 Å². The molecule has 0 saturated carbocycles. The van der Waals surface area contributed by atoms with Crippen molar-refractivity contribution in [2.45, 2.75) is 6.42 Å². The Morgan fingerprint density at radius 1 is 1.10 bits per heavy atom. The van der Waals surface area contributed by atoms with Gasteiger partial charge in [-0.2, -0.15) is 0 Å². The fourth-order valence-corrected chi connectivity index (χ4v) is 2.57. The number of anilines is 1. The molecule has 0 N–H and O–H groups in total. The Balaban J connectivity index is 1.87. The van der Waals surface area contributed by atoms with E-state index in [-0.39, 0.29) is 0 Å². The number of nitrogens with zero attached hydrogens (tertiary/aromatic N) is 2. The molecule has 0 radical (unpaired) electrons. The first kappa shape index (κ1) is 12.8. The van der Waals surface area contributed by atoms with Crippen LogP contribution in [0.3, 0.4) is 0 Å². The molecule has 1 amide bonds. The van der Waals surface area contributed by atoms with Crippen molar-refractivity contribution in [3.8, 4) is 0 Å². The number of rotatable bonds is 3. The molecular weight excluding hydrogens is 276 g/mol. The van der Waals surface area contributed by atoms with Crippen molar-refractivity contribution in [3.63, 3.8) is 0 Å². The van der Waals surface area contributed by atoms with Gasteiger partial charge in [-0.3, -0.25) is 14.6 Å². The molecule has 1 aliphatic heterocycles. The number of aromatic nitrogens is 1. The van der Waals surface area contributed by atoms with E-state index in [1.807, 2.05) is 12.1 Å². The summed E-state index contributed by atoms with van der Waals surface area (Å²) < 4.78 is 0. The van der Waals surface area contributed by atoms with Crippen LogP contribution in [0.1, 0.15) is 15.9 Å². The van der Waals surface area contributed by atoms with Gasteiger partial charge in [0.05, 0.1) is 16.3 Å². The van der Waals surface area contributed by atoms with E-state index in [4.69, 9.17) is 11.6 Å². The van der Waals surface area contributed by atoms with Gasteiger partial charge in [0.15, 0.2) is 0 Å². The topological polar surface area (TPSA) is 50.3 Å². The van der Waals surface area contributed by atoms with Crippen LogP contribution in [0.2, 0.25) is 5.02 Å². The molecule has 20 heavy (non-hydrogen) atoms. The number of hydrogen-bond acceptors (Lipinski definition) is 3. The summed E-state index contributed by atoms with van der Waals surface area (Å²) in [6, 6.07) is 8.89. The van der Waals surface area contributed by atoms with Crippen LogP contribution < -0.4 is 4.90 Å². The van der Waals surface area contributed by atoms with Crippen molar-refractivity contribution in [2.24, 2.45) is 0 Å². The molecule has 0 spiro atoms. The zero-order valence-corrected chi connectivity index (χ0v) is 11.3. The highest BCUT2D eigenvalue weighted by Gasteiger charge is 2.36. The second-order valence-electron chi connectivity index (χ2n) is 4.53. The van der Waals surface area contributed by atoms with E-state index < -0.39 is 11.7 Å². The predicted molar refractivity (Wildman–Crippen MR) is 76.1 cm³/mol. The molecule has 2 aromatic rings. The van der Waals surface area contributed by atoms with E-state index in [0.29, 0.717) is 29.2 Å². The molecule has 0 aliphatic carbocycles. The molecule has 2 heterocycles. The van der Waals surface area contributed by atoms with Crippen molar-refractivity contribution in [3.05, 3.63) is 58.9 Å². The number of amides is 1. The number of hydrogen-bond donors (Lipinski definition) is 0. The van der Waals surface area contributed by atoms with E-state index >= 15 is 0 Å². The Labute approximate surface area is 121 Å². The number of carbonyl (C=O) groups is 2. The summed E-state index contributed by atoms with van der Waals surface area (Å²) in [6.45, 7) is 0.446.